The molecule has 4 heteroatoms. The normalized spacial score (nSPS) is 18.6. The van der Waals surface area contributed by atoms with Gasteiger partial charge in [0, 0.05) is 37.3 Å². The molecule has 4 nitrogen and oxygen atoms in total. The minimum absolute atomic E-state index is 0.156. The molecule has 0 bridgehead atoms. The molecule has 2 fully saturated rings. The van der Waals surface area contributed by atoms with E-state index in [1.165, 1.54) is 37.8 Å². The maximum Gasteiger partial charge on any atom is 0.223 e. The highest BCUT2D eigenvalue weighted by atomic mass is 16.1. The summed E-state index contributed by atoms with van der Waals surface area (Å²) < 4.78 is 0. The van der Waals surface area contributed by atoms with E-state index in [-0.39, 0.29) is 11.8 Å². The molecule has 1 aliphatic heterocycles. The molecule has 0 atom stereocenters. The molecule has 2 aromatic rings. The Bertz CT molecular complexity index is 781. The first-order valence-electron chi connectivity index (χ1n) is 12.2. The van der Waals surface area contributed by atoms with Crippen LogP contribution in [0.4, 0.5) is 5.69 Å². The molecular formula is C27H37N3O. The van der Waals surface area contributed by atoms with Crippen LogP contribution < -0.4 is 10.2 Å². The van der Waals surface area contributed by atoms with Crippen LogP contribution >= 0.6 is 0 Å². The largest absolute Gasteiger partial charge is 0.367 e. The fraction of sp³-hybridized carbons (Fsp3) is 0.519. The number of carbonyl (C=O) groups is 1. The minimum Gasteiger partial charge on any atom is -0.367 e. The SMILES string of the molecule is O=C(NCc1ccccc1)C1CCN(CCN(c2ccccc2)C2CCCCC2)CC1. The average Bonchev–Trinajstić information content (AvgIpc) is 2.85. The van der Waals surface area contributed by atoms with Crippen LogP contribution in [0.25, 0.3) is 0 Å². The summed E-state index contributed by atoms with van der Waals surface area (Å²) in [6, 6.07) is 21.8. The number of anilines is 1. The van der Waals surface area contributed by atoms with E-state index in [4.69, 9.17) is 0 Å². The van der Waals surface area contributed by atoms with Gasteiger partial charge >= 0.3 is 0 Å². The van der Waals surface area contributed by atoms with Crippen molar-refractivity contribution in [2.75, 3.05) is 31.1 Å². The molecule has 1 saturated carbocycles. The number of carbonyl (C=O) groups excluding carboxylic acids is 1. The van der Waals surface area contributed by atoms with E-state index in [0.29, 0.717) is 12.6 Å². The molecule has 4 rings (SSSR count). The summed E-state index contributed by atoms with van der Waals surface area (Å²) in [5.74, 6) is 0.375. The number of piperidine rings is 1. The molecule has 0 radical (unpaired) electrons. The zero-order valence-electron chi connectivity index (χ0n) is 18.7. The molecule has 1 saturated heterocycles. The van der Waals surface area contributed by atoms with Crippen LogP contribution in [0.5, 0.6) is 0 Å². The highest BCUT2D eigenvalue weighted by Crippen LogP contribution is 2.27. The van der Waals surface area contributed by atoms with Gasteiger partial charge in [0.1, 0.15) is 0 Å². The lowest BCUT2D eigenvalue weighted by Gasteiger charge is -2.39. The van der Waals surface area contributed by atoms with E-state index in [0.717, 1.165) is 44.6 Å². The van der Waals surface area contributed by atoms with Gasteiger partial charge in [-0.15, -0.1) is 0 Å². The molecule has 1 amide bonds. The van der Waals surface area contributed by atoms with E-state index in [9.17, 15) is 4.79 Å². The van der Waals surface area contributed by atoms with Crippen molar-refractivity contribution in [1.82, 2.24) is 10.2 Å². The third-order valence-electron chi connectivity index (χ3n) is 7.03. The maximum atomic E-state index is 12.6. The predicted molar refractivity (Wildman–Crippen MR) is 128 cm³/mol. The van der Waals surface area contributed by atoms with Crippen LogP contribution in [-0.4, -0.2) is 43.0 Å². The lowest BCUT2D eigenvalue weighted by Crippen LogP contribution is -2.45. The van der Waals surface area contributed by atoms with Crippen LogP contribution in [0.3, 0.4) is 0 Å². The lowest BCUT2D eigenvalue weighted by molar-refractivity contribution is -0.126. The number of nitrogens with one attached hydrogen (secondary N) is 1. The second-order valence-corrected chi connectivity index (χ2v) is 9.14. The van der Waals surface area contributed by atoms with Crippen molar-refractivity contribution in [3.05, 3.63) is 66.2 Å². The van der Waals surface area contributed by atoms with Gasteiger partial charge < -0.3 is 15.1 Å². The van der Waals surface area contributed by atoms with Gasteiger partial charge in [0.2, 0.25) is 5.91 Å². The molecule has 2 aromatic carbocycles. The monoisotopic (exact) mass is 419 g/mol. The summed E-state index contributed by atoms with van der Waals surface area (Å²) in [6.07, 6.45) is 8.68. The Kier molecular flexibility index (Phi) is 8.00. The third kappa shape index (κ3) is 6.33. The van der Waals surface area contributed by atoms with Gasteiger partial charge in [-0.3, -0.25) is 4.79 Å². The molecule has 0 aromatic heterocycles. The smallest absolute Gasteiger partial charge is 0.223 e. The standard InChI is InChI=1S/C27H37N3O/c31-27(28-22-23-10-4-1-5-11-23)24-16-18-29(19-17-24)20-21-30(25-12-6-2-7-13-25)26-14-8-3-9-15-26/h1-2,4-7,10-13,24,26H,3,8-9,14-22H2,(H,28,31). The molecule has 0 spiro atoms. The van der Waals surface area contributed by atoms with Crippen molar-refractivity contribution in [2.45, 2.75) is 57.5 Å². The Labute approximate surface area is 187 Å². The van der Waals surface area contributed by atoms with E-state index in [1.54, 1.807) is 0 Å². The number of nitrogens with zero attached hydrogens (tertiary/aromatic N) is 2. The highest BCUT2D eigenvalue weighted by molar-refractivity contribution is 5.78. The van der Waals surface area contributed by atoms with Crippen molar-refractivity contribution in [1.29, 1.82) is 0 Å². The van der Waals surface area contributed by atoms with E-state index in [2.05, 4.69) is 57.6 Å². The topological polar surface area (TPSA) is 35.6 Å². The van der Waals surface area contributed by atoms with E-state index < -0.39 is 0 Å². The Morgan fingerprint density at radius 1 is 0.871 bits per heavy atom. The molecule has 31 heavy (non-hydrogen) atoms. The van der Waals surface area contributed by atoms with Gasteiger partial charge in [-0.25, -0.2) is 0 Å². The van der Waals surface area contributed by atoms with Gasteiger partial charge in [0.15, 0.2) is 0 Å². The summed E-state index contributed by atoms with van der Waals surface area (Å²) in [7, 11) is 0. The molecule has 166 valence electrons. The quantitative estimate of drug-likeness (QED) is 0.664. The third-order valence-corrected chi connectivity index (χ3v) is 7.03. The van der Waals surface area contributed by atoms with Crippen LogP contribution in [0.15, 0.2) is 60.7 Å². The Balaban J connectivity index is 1.24. The number of likely N-dealkylation sites (tertiary alicyclic amines) is 1. The minimum atomic E-state index is 0.156. The van der Waals surface area contributed by atoms with E-state index in [1.807, 2.05) is 18.2 Å². The number of rotatable bonds is 8. The number of amides is 1. The Morgan fingerprint density at radius 2 is 1.52 bits per heavy atom. The fourth-order valence-corrected chi connectivity index (χ4v) is 5.13. The first kappa shape index (κ1) is 21.9. The predicted octanol–water partition coefficient (Wildman–Crippen LogP) is 4.85. The summed E-state index contributed by atoms with van der Waals surface area (Å²) >= 11 is 0. The summed E-state index contributed by atoms with van der Waals surface area (Å²) in [5.41, 5.74) is 2.53. The molecule has 2 aliphatic rings. The molecule has 1 aliphatic carbocycles. The number of hydrogen-bond donors (Lipinski definition) is 1. The van der Waals surface area contributed by atoms with Gasteiger partial charge in [-0.05, 0) is 56.5 Å². The summed E-state index contributed by atoms with van der Waals surface area (Å²) in [4.78, 5) is 17.8. The number of benzene rings is 2. The van der Waals surface area contributed by atoms with Gasteiger partial charge in [-0.2, -0.15) is 0 Å². The first-order valence-corrected chi connectivity index (χ1v) is 12.2. The van der Waals surface area contributed by atoms with Gasteiger partial charge in [0.25, 0.3) is 0 Å². The van der Waals surface area contributed by atoms with Gasteiger partial charge in [0.05, 0.1) is 0 Å². The summed E-state index contributed by atoms with van der Waals surface area (Å²) in [5, 5.41) is 3.13. The Hall–Kier alpha value is -2.33. The van der Waals surface area contributed by atoms with Gasteiger partial charge in [-0.1, -0.05) is 67.8 Å². The van der Waals surface area contributed by atoms with Crippen molar-refractivity contribution in [3.63, 3.8) is 0 Å². The van der Waals surface area contributed by atoms with Crippen LogP contribution in [0.2, 0.25) is 0 Å². The zero-order chi connectivity index (χ0) is 21.3. The van der Waals surface area contributed by atoms with E-state index >= 15 is 0 Å². The summed E-state index contributed by atoms with van der Waals surface area (Å²) in [6.45, 7) is 4.85. The Morgan fingerprint density at radius 3 is 2.19 bits per heavy atom. The molecule has 0 unspecified atom stereocenters. The second kappa shape index (κ2) is 11.3. The van der Waals surface area contributed by atoms with Crippen LogP contribution in [0, 0.1) is 5.92 Å². The van der Waals surface area contributed by atoms with Crippen molar-refractivity contribution < 1.29 is 4.79 Å². The van der Waals surface area contributed by atoms with Crippen LogP contribution in [-0.2, 0) is 11.3 Å². The average molecular weight is 420 g/mol. The molecular weight excluding hydrogens is 382 g/mol. The highest BCUT2D eigenvalue weighted by Gasteiger charge is 2.26. The molecule has 1 heterocycles. The zero-order valence-corrected chi connectivity index (χ0v) is 18.7. The maximum absolute atomic E-state index is 12.6. The lowest BCUT2D eigenvalue weighted by atomic mass is 9.93. The fourth-order valence-electron chi connectivity index (χ4n) is 5.13. The second-order valence-electron chi connectivity index (χ2n) is 9.14. The van der Waals surface area contributed by atoms with Crippen molar-refractivity contribution in [3.8, 4) is 0 Å². The molecule has 1 N–H and O–H groups in total. The van der Waals surface area contributed by atoms with Crippen LogP contribution in [0.1, 0.15) is 50.5 Å². The van der Waals surface area contributed by atoms with Crippen molar-refractivity contribution in [2.24, 2.45) is 5.92 Å². The first-order chi connectivity index (χ1) is 15.3. The van der Waals surface area contributed by atoms with Crippen molar-refractivity contribution >= 4 is 11.6 Å². The number of hydrogen-bond acceptors (Lipinski definition) is 3. The number of para-hydroxylation sites is 1.